The van der Waals surface area contributed by atoms with Gasteiger partial charge in [-0.25, -0.2) is 0 Å². The average molecular weight is 355 g/mol. The van der Waals surface area contributed by atoms with Gasteiger partial charge in [-0.2, -0.15) is 0 Å². The van der Waals surface area contributed by atoms with E-state index >= 15 is 0 Å². The van der Waals surface area contributed by atoms with Gasteiger partial charge >= 0.3 is 0 Å². The fourth-order valence-corrected chi connectivity index (χ4v) is 3.92. The highest BCUT2D eigenvalue weighted by atomic mass is 16.5. The summed E-state index contributed by atoms with van der Waals surface area (Å²) in [4.78, 5) is 15.5. The van der Waals surface area contributed by atoms with Crippen LogP contribution in [0.5, 0.6) is 5.75 Å². The number of aliphatic hydroxyl groups is 1. The number of aliphatic hydroxyl groups excluding tert-OH is 1. The number of likely N-dealkylation sites (tertiary alicyclic amines) is 1. The van der Waals surface area contributed by atoms with Crippen molar-refractivity contribution in [3.8, 4) is 5.75 Å². The van der Waals surface area contributed by atoms with E-state index in [1.165, 1.54) is 0 Å². The van der Waals surface area contributed by atoms with Crippen molar-refractivity contribution in [2.45, 2.75) is 45.8 Å². The summed E-state index contributed by atoms with van der Waals surface area (Å²) in [7, 11) is 1.60. The molecule has 1 aliphatic heterocycles. The van der Waals surface area contributed by atoms with Crippen molar-refractivity contribution in [1.82, 2.24) is 4.90 Å². The lowest BCUT2D eigenvalue weighted by molar-refractivity contribution is 0.0617. The summed E-state index contributed by atoms with van der Waals surface area (Å²) in [6.45, 7) is 8.42. The largest absolute Gasteiger partial charge is 0.496 e. The van der Waals surface area contributed by atoms with Crippen LogP contribution in [0, 0.1) is 5.92 Å². The fourth-order valence-electron chi connectivity index (χ4n) is 3.92. The molecule has 0 saturated carbocycles. The lowest BCUT2D eigenvalue weighted by atomic mass is 9.87. The van der Waals surface area contributed by atoms with Crippen LogP contribution in [0.15, 0.2) is 30.3 Å². The zero-order valence-electron chi connectivity index (χ0n) is 16.2. The van der Waals surface area contributed by atoms with Gasteiger partial charge in [0, 0.05) is 29.1 Å². The molecule has 1 unspecified atom stereocenters. The molecule has 1 N–H and O–H groups in total. The lowest BCUT2D eigenvalue weighted by Crippen LogP contribution is -2.48. The number of ether oxygens (including phenoxy) is 1. The second-order valence-electron chi connectivity index (χ2n) is 8.16. The first-order valence-electron chi connectivity index (χ1n) is 9.35. The van der Waals surface area contributed by atoms with Gasteiger partial charge in [-0.1, -0.05) is 18.2 Å². The second kappa shape index (κ2) is 7.37. The van der Waals surface area contributed by atoms with E-state index in [4.69, 9.17) is 4.74 Å². The maximum Gasteiger partial charge on any atom is 0.167 e. The number of methoxy groups -OCH3 is 1. The molecule has 0 bridgehead atoms. The topological polar surface area (TPSA) is 49.8 Å². The number of hydrogen-bond acceptors (Lipinski definition) is 4. The van der Waals surface area contributed by atoms with Gasteiger partial charge in [0.2, 0.25) is 0 Å². The zero-order valence-corrected chi connectivity index (χ0v) is 16.2. The molecule has 4 heteroatoms. The smallest absolute Gasteiger partial charge is 0.167 e. The molecular weight excluding hydrogens is 326 g/mol. The van der Waals surface area contributed by atoms with Crippen molar-refractivity contribution < 1.29 is 14.6 Å². The van der Waals surface area contributed by atoms with E-state index in [-0.39, 0.29) is 23.8 Å². The predicted molar refractivity (Wildman–Crippen MR) is 105 cm³/mol. The number of ketones is 1. The van der Waals surface area contributed by atoms with Gasteiger partial charge in [0.25, 0.3) is 0 Å². The van der Waals surface area contributed by atoms with Gasteiger partial charge in [-0.15, -0.1) is 0 Å². The van der Waals surface area contributed by atoms with Gasteiger partial charge in [0.1, 0.15) is 5.75 Å². The van der Waals surface area contributed by atoms with E-state index in [1.54, 1.807) is 7.11 Å². The summed E-state index contributed by atoms with van der Waals surface area (Å²) in [5.74, 6) is 0.949. The minimum Gasteiger partial charge on any atom is -0.496 e. The Morgan fingerprint density at radius 3 is 2.69 bits per heavy atom. The van der Waals surface area contributed by atoms with Crippen LogP contribution in [0.25, 0.3) is 10.8 Å². The third kappa shape index (κ3) is 3.62. The zero-order chi connectivity index (χ0) is 18.9. The quantitative estimate of drug-likeness (QED) is 0.841. The van der Waals surface area contributed by atoms with Gasteiger partial charge in [0.15, 0.2) is 5.78 Å². The highest BCUT2D eigenvalue weighted by Gasteiger charge is 2.31. The van der Waals surface area contributed by atoms with Crippen LogP contribution in [-0.2, 0) is 6.61 Å². The lowest BCUT2D eigenvalue weighted by Gasteiger charge is -2.41. The maximum atomic E-state index is 13.1. The molecule has 4 nitrogen and oxygen atoms in total. The Kier molecular flexibility index (Phi) is 5.35. The van der Waals surface area contributed by atoms with Crippen molar-refractivity contribution >= 4 is 16.6 Å². The minimum absolute atomic E-state index is 0.0518. The van der Waals surface area contributed by atoms with Crippen molar-refractivity contribution in [2.75, 3.05) is 20.2 Å². The predicted octanol–water partition coefficient (Wildman–Crippen LogP) is 4.03. The first-order chi connectivity index (χ1) is 12.3. The van der Waals surface area contributed by atoms with Crippen molar-refractivity contribution in [3.63, 3.8) is 0 Å². The van der Waals surface area contributed by atoms with E-state index in [1.807, 2.05) is 30.3 Å². The molecular formula is C22H29NO3. The summed E-state index contributed by atoms with van der Waals surface area (Å²) in [6, 6.07) is 9.57. The number of carbonyl (C=O) groups excluding carboxylic acids is 1. The standard InChI is InChI=1S/C22H29NO3/c1-22(2,3)23-11-5-6-17(13-23)21(25)16-7-9-18-15(12-16)8-10-20(26-4)19(18)14-24/h7-10,12,17,24H,5-6,11,13-14H2,1-4H3. The van der Waals surface area contributed by atoms with E-state index in [9.17, 15) is 9.90 Å². The molecule has 140 valence electrons. The third-order valence-electron chi connectivity index (χ3n) is 5.49. The van der Waals surface area contributed by atoms with E-state index in [2.05, 4.69) is 25.7 Å². The Bertz CT molecular complexity index is 807. The summed E-state index contributed by atoms with van der Waals surface area (Å²) in [6.07, 6.45) is 2.01. The van der Waals surface area contributed by atoms with Crippen LogP contribution in [0.1, 0.15) is 49.5 Å². The molecule has 3 rings (SSSR count). The van der Waals surface area contributed by atoms with Gasteiger partial charge < -0.3 is 9.84 Å². The molecule has 0 amide bonds. The second-order valence-corrected chi connectivity index (χ2v) is 8.16. The average Bonchev–Trinajstić information content (AvgIpc) is 2.65. The summed E-state index contributed by atoms with van der Waals surface area (Å²) < 4.78 is 5.33. The third-order valence-corrected chi connectivity index (χ3v) is 5.49. The van der Waals surface area contributed by atoms with Crippen LogP contribution in [0.3, 0.4) is 0 Å². The number of carbonyl (C=O) groups is 1. The van der Waals surface area contributed by atoms with Crippen molar-refractivity contribution in [1.29, 1.82) is 0 Å². The molecule has 2 aromatic carbocycles. The number of nitrogens with zero attached hydrogens (tertiary/aromatic N) is 1. The molecule has 0 aromatic heterocycles. The Morgan fingerprint density at radius 1 is 1.27 bits per heavy atom. The molecule has 1 fully saturated rings. The fraction of sp³-hybridized carbons (Fsp3) is 0.500. The number of Topliss-reactive ketones (excluding diaryl/α,β-unsaturated/α-hetero) is 1. The molecule has 1 saturated heterocycles. The van der Waals surface area contributed by atoms with Crippen LogP contribution in [-0.4, -0.2) is 41.5 Å². The van der Waals surface area contributed by atoms with E-state index in [0.29, 0.717) is 5.75 Å². The number of benzene rings is 2. The summed E-state index contributed by atoms with van der Waals surface area (Å²) in [5.41, 5.74) is 1.61. The van der Waals surface area contributed by atoms with Gasteiger partial charge in [0.05, 0.1) is 13.7 Å². The molecule has 26 heavy (non-hydrogen) atoms. The first kappa shape index (κ1) is 18.9. The van der Waals surface area contributed by atoms with E-state index < -0.39 is 0 Å². The molecule has 1 atom stereocenters. The number of rotatable bonds is 4. The minimum atomic E-state index is -0.0863. The normalized spacial score (nSPS) is 18.9. The molecule has 1 aliphatic rings. The maximum absolute atomic E-state index is 13.1. The number of fused-ring (bicyclic) bond motifs is 1. The van der Waals surface area contributed by atoms with Gasteiger partial charge in [-0.3, -0.25) is 9.69 Å². The monoisotopic (exact) mass is 355 g/mol. The van der Waals surface area contributed by atoms with Crippen LogP contribution >= 0.6 is 0 Å². The first-order valence-corrected chi connectivity index (χ1v) is 9.35. The highest BCUT2D eigenvalue weighted by molar-refractivity contribution is 6.02. The number of hydrogen-bond donors (Lipinski definition) is 1. The van der Waals surface area contributed by atoms with Crippen molar-refractivity contribution in [3.05, 3.63) is 41.5 Å². The Labute approximate surface area is 155 Å². The molecule has 2 aromatic rings. The van der Waals surface area contributed by atoms with Gasteiger partial charge in [-0.05, 0) is 63.1 Å². The van der Waals surface area contributed by atoms with Crippen LogP contribution in [0.2, 0.25) is 0 Å². The van der Waals surface area contributed by atoms with E-state index in [0.717, 1.165) is 47.8 Å². The summed E-state index contributed by atoms with van der Waals surface area (Å²) in [5, 5.41) is 11.6. The van der Waals surface area contributed by atoms with Crippen molar-refractivity contribution in [2.24, 2.45) is 5.92 Å². The molecule has 1 heterocycles. The Balaban J connectivity index is 1.89. The summed E-state index contributed by atoms with van der Waals surface area (Å²) >= 11 is 0. The Morgan fingerprint density at radius 2 is 2.04 bits per heavy atom. The number of piperidine rings is 1. The SMILES string of the molecule is COc1ccc2cc(C(=O)C3CCCN(C(C)(C)C)C3)ccc2c1CO. The molecule has 0 aliphatic carbocycles. The van der Waals surface area contributed by atoms with Crippen LogP contribution < -0.4 is 4.74 Å². The Hall–Kier alpha value is -1.91. The molecule has 0 spiro atoms. The highest BCUT2D eigenvalue weighted by Crippen LogP contribution is 2.31. The molecule has 0 radical (unpaired) electrons. The van der Waals surface area contributed by atoms with Crippen LogP contribution in [0.4, 0.5) is 0 Å².